The number of nitrogens with zero attached hydrogens (tertiary/aromatic N) is 2. The number of hydrogen-bond acceptors (Lipinski definition) is 5. The molecule has 0 aliphatic heterocycles. The van der Waals surface area contributed by atoms with Crippen molar-refractivity contribution in [3.8, 4) is 0 Å². The van der Waals surface area contributed by atoms with Crippen LogP contribution in [0.4, 0.5) is 5.69 Å². The molecular weight excluding hydrogens is 322 g/mol. The molecule has 7 nitrogen and oxygen atoms in total. The highest BCUT2D eigenvalue weighted by Crippen LogP contribution is 2.16. The Bertz CT molecular complexity index is 602. The number of ether oxygens (including phenoxy) is 1. The number of esters is 1. The SMILES string of the molecule is CCOC(=O)c1ccccc1NC(=O)CN(CCCN(C)C)C(C)=O. The molecule has 0 heterocycles. The Morgan fingerprint density at radius 2 is 1.80 bits per heavy atom. The van der Waals surface area contributed by atoms with Crippen molar-refractivity contribution < 1.29 is 19.1 Å². The van der Waals surface area contributed by atoms with Gasteiger partial charge in [-0.3, -0.25) is 9.59 Å². The zero-order chi connectivity index (χ0) is 18.8. The topological polar surface area (TPSA) is 79.0 Å². The first-order valence-electron chi connectivity index (χ1n) is 8.31. The molecular formula is C18H27N3O4. The van der Waals surface area contributed by atoms with Crippen molar-refractivity contribution in [2.75, 3.05) is 45.7 Å². The average molecular weight is 349 g/mol. The number of hydrogen-bond donors (Lipinski definition) is 1. The largest absolute Gasteiger partial charge is 0.462 e. The molecule has 1 aromatic carbocycles. The highest BCUT2D eigenvalue weighted by molar-refractivity contribution is 6.02. The molecule has 0 aliphatic carbocycles. The summed E-state index contributed by atoms with van der Waals surface area (Å²) in [6.07, 6.45) is 0.777. The summed E-state index contributed by atoms with van der Waals surface area (Å²) < 4.78 is 4.99. The lowest BCUT2D eigenvalue weighted by Crippen LogP contribution is -2.38. The molecule has 7 heteroatoms. The lowest BCUT2D eigenvalue weighted by molar-refractivity contribution is -0.132. The summed E-state index contributed by atoms with van der Waals surface area (Å²) in [5.74, 6) is -1.00. The third-order valence-corrected chi connectivity index (χ3v) is 3.51. The van der Waals surface area contributed by atoms with Gasteiger partial charge in [-0.2, -0.15) is 0 Å². The third kappa shape index (κ3) is 7.34. The van der Waals surface area contributed by atoms with Gasteiger partial charge in [0.1, 0.15) is 0 Å². The molecule has 138 valence electrons. The molecule has 0 aromatic heterocycles. The Morgan fingerprint density at radius 3 is 2.40 bits per heavy atom. The van der Waals surface area contributed by atoms with Crippen LogP contribution in [0.1, 0.15) is 30.6 Å². The van der Waals surface area contributed by atoms with E-state index in [9.17, 15) is 14.4 Å². The number of carbonyl (C=O) groups is 3. The van der Waals surface area contributed by atoms with Crippen molar-refractivity contribution in [1.82, 2.24) is 9.80 Å². The number of anilines is 1. The Labute approximate surface area is 148 Å². The van der Waals surface area contributed by atoms with E-state index in [2.05, 4.69) is 5.32 Å². The van der Waals surface area contributed by atoms with E-state index < -0.39 is 5.97 Å². The Morgan fingerprint density at radius 1 is 1.12 bits per heavy atom. The van der Waals surface area contributed by atoms with E-state index in [1.165, 1.54) is 11.8 Å². The van der Waals surface area contributed by atoms with E-state index in [0.717, 1.165) is 13.0 Å². The number of nitrogens with one attached hydrogen (secondary N) is 1. The van der Waals surface area contributed by atoms with E-state index in [1.54, 1.807) is 31.2 Å². The summed E-state index contributed by atoms with van der Waals surface area (Å²) in [6, 6.07) is 6.64. The second-order valence-electron chi connectivity index (χ2n) is 5.91. The van der Waals surface area contributed by atoms with Crippen molar-refractivity contribution in [2.45, 2.75) is 20.3 Å². The predicted octanol–water partition coefficient (Wildman–Crippen LogP) is 1.60. The average Bonchev–Trinajstić information content (AvgIpc) is 2.54. The number of carbonyl (C=O) groups excluding carboxylic acids is 3. The van der Waals surface area contributed by atoms with Crippen LogP contribution in [0.25, 0.3) is 0 Å². The molecule has 0 saturated heterocycles. The number of rotatable bonds is 9. The molecule has 0 radical (unpaired) electrons. The zero-order valence-electron chi connectivity index (χ0n) is 15.4. The molecule has 0 fully saturated rings. The van der Waals surface area contributed by atoms with Gasteiger partial charge in [-0.05, 0) is 46.1 Å². The molecule has 1 N–H and O–H groups in total. The Balaban J connectivity index is 2.71. The van der Waals surface area contributed by atoms with E-state index >= 15 is 0 Å². The van der Waals surface area contributed by atoms with Crippen LogP contribution >= 0.6 is 0 Å². The third-order valence-electron chi connectivity index (χ3n) is 3.51. The lowest BCUT2D eigenvalue weighted by atomic mass is 10.2. The van der Waals surface area contributed by atoms with Crippen molar-refractivity contribution in [3.63, 3.8) is 0 Å². The zero-order valence-corrected chi connectivity index (χ0v) is 15.4. The summed E-state index contributed by atoms with van der Waals surface area (Å²) in [4.78, 5) is 39.5. The summed E-state index contributed by atoms with van der Waals surface area (Å²) in [5.41, 5.74) is 0.669. The van der Waals surface area contributed by atoms with Gasteiger partial charge in [0.05, 0.1) is 24.4 Å². The maximum atomic E-state index is 12.3. The van der Waals surface area contributed by atoms with Crippen molar-refractivity contribution in [2.24, 2.45) is 0 Å². The van der Waals surface area contributed by atoms with Crippen LogP contribution in [0.3, 0.4) is 0 Å². The second kappa shape index (κ2) is 10.5. The van der Waals surface area contributed by atoms with Gasteiger partial charge in [0.25, 0.3) is 0 Å². The first-order valence-corrected chi connectivity index (χ1v) is 8.31. The summed E-state index contributed by atoms with van der Waals surface area (Å²) in [5, 5.41) is 2.69. The summed E-state index contributed by atoms with van der Waals surface area (Å²) in [6.45, 7) is 4.69. The van der Waals surface area contributed by atoms with Gasteiger partial charge < -0.3 is 19.9 Å². The molecule has 25 heavy (non-hydrogen) atoms. The predicted molar refractivity (Wildman–Crippen MR) is 96.5 cm³/mol. The van der Waals surface area contributed by atoms with Gasteiger partial charge in [-0.1, -0.05) is 12.1 Å². The maximum absolute atomic E-state index is 12.3. The Kier molecular flexibility index (Phi) is 8.63. The van der Waals surface area contributed by atoms with Gasteiger partial charge >= 0.3 is 5.97 Å². The molecule has 1 rings (SSSR count). The minimum absolute atomic E-state index is 0.0556. The van der Waals surface area contributed by atoms with Crippen molar-refractivity contribution in [3.05, 3.63) is 29.8 Å². The molecule has 0 bridgehead atoms. The Hall–Kier alpha value is -2.41. The van der Waals surface area contributed by atoms with E-state index in [0.29, 0.717) is 17.8 Å². The van der Waals surface area contributed by atoms with Gasteiger partial charge in [-0.15, -0.1) is 0 Å². The maximum Gasteiger partial charge on any atom is 0.340 e. The summed E-state index contributed by atoms with van der Waals surface area (Å²) >= 11 is 0. The smallest absolute Gasteiger partial charge is 0.340 e. The van der Waals surface area contributed by atoms with Crippen LogP contribution in [0.5, 0.6) is 0 Å². The van der Waals surface area contributed by atoms with Crippen LogP contribution in [-0.2, 0) is 14.3 Å². The number of para-hydroxylation sites is 1. The van der Waals surface area contributed by atoms with Crippen LogP contribution in [0.15, 0.2) is 24.3 Å². The second-order valence-corrected chi connectivity index (χ2v) is 5.91. The highest BCUT2D eigenvalue weighted by atomic mass is 16.5. The molecule has 2 amide bonds. The van der Waals surface area contributed by atoms with E-state index in [1.807, 2.05) is 19.0 Å². The van der Waals surface area contributed by atoms with E-state index in [4.69, 9.17) is 4.74 Å². The van der Waals surface area contributed by atoms with Gasteiger partial charge in [0.2, 0.25) is 11.8 Å². The van der Waals surface area contributed by atoms with Crippen LogP contribution in [-0.4, -0.2) is 67.9 Å². The first-order chi connectivity index (χ1) is 11.8. The van der Waals surface area contributed by atoms with E-state index in [-0.39, 0.29) is 25.0 Å². The normalized spacial score (nSPS) is 10.4. The van der Waals surface area contributed by atoms with Gasteiger partial charge in [0, 0.05) is 13.5 Å². The molecule has 0 spiro atoms. The number of amides is 2. The van der Waals surface area contributed by atoms with Gasteiger partial charge in [-0.25, -0.2) is 4.79 Å². The number of benzene rings is 1. The molecule has 0 saturated carbocycles. The standard InChI is InChI=1S/C18H27N3O4/c1-5-25-18(24)15-9-6-7-10-16(15)19-17(23)13-21(14(2)22)12-8-11-20(3)4/h6-7,9-10H,5,8,11-13H2,1-4H3,(H,19,23). The monoisotopic (exact) mass is 349 g/mol. The minimum atomic E-state index is -0.493. The molecule has 0 aliphatic rings. The fraction of sp³-hybridized carbons (Fsp3) is 0.500. The fourth-order valence-electron chi connectivity index (χ4n) is 2.27. The molecule has 1 aromatic rings. The minimum Gasteiger partial charge on any atom is -0.462 e. The summed E-state index contributed by atoms with van der Waals surface area (Å²) in [7, 11) is 3.91. The fourth-order valence-corrected chi connectivity index (χ4v) is 2.27. The first kappa shape index (κ1) is 20.6. The van der Waals surface area contributed by atoms with Crippen molar-refractivity contribution in [1.29, 1.82) is 0 Å². The molecule has 0 unspecified atom stereocenters. The lowest BCUT2D eigenvalue weighted by Gasteiger charge is -2.21. The van der Waals surface area contributed by atoms with Crippen LogP contribution in [0, 0.1) is 0 Å². The van der Waals surface area contributed by atoms with Crippen molar-refractivity contribution >= 4 is 23.5 Å². The quantitative estimate of drug-likeness (QED) is 0.685. The molecule has 0 atom stereocenters. The van der Waals surface area contributed by atoms with Gasteiger partial charge in [0.15, 0.2) is 0 Å². The van der Waals surface area contributed by atoms with Crippen LogP contribution < -0.4 is 5.32 Å². The van der Waals surface area contributed by atoms with Crippen LogP contribution in [0.2, 0.25) is 0 Å². The highest BCUT2D eigenvalue weighted by Gasteiger charge is 2.17.